The van der Waals surface area contributed by atoms with E-state index in [1.54, 1.807) is 6.07 Å². The van der Waals surface area contributed by atoms with Gasteiger partial charge in [-0.05, 0) is 16.5 Å². The molecule has 0 aliphatic heterocycles. The number of rotatable bonds is 2. The van der Waals surface area contributed by atoms with Crippen LogP contribution in [0.15, 0.2) is 53.4 Å². The summed E-state index contributed by atoms with van der Waals surface area (Å²) < 4.78 is 24.1. The Bertz CT molecular complexity index is 714. The summed E-state index contributed by atoms with van der Waals surface area (Å²) >= 11 is 0. The molecule has 3 nitrogen and oxygen atoms in total. The van der Waals surface area contributed by atoms with Crippen molar-refractivity contribution in [3.63, 3.8) is 0 Å². The molecule has 2 rings (SSSR count). The molecule has 0 aromatic heterocycles. The Morgan fingerprint density at radius 3 is 2.00 bits per heavy atom. The fourth-order valence-corrected chi connectivity index (χ4v) is 3.45. The van der Waals surface area contributed by atoms with Gasteiger partial charge in [-0.15, -0.1) is 0 Å². The number of primary sulfonamides is 1. The van der Waals surface area contributed by atoms with Crippen molar-refractivity contribution in [2.24, 2.45) is 5.14 Å². The lowest BCUT2D eigenvalue weighted by Crippen LogP contribution is -2.22. The Labute approximate surface area is 120 Å². The van der Waals surface area contributed by atoms with Gasteiger partial charge in [-0.2, -0.15) is 0 Å². The number of hydrogen-bond acceptors (Lipinski definition) is 2. The van der Waals surface area contributed by atoms with E-state index in [9.17, 15) is 8.42 Å². The SMILES string of the molecule is CC(C)(C)c1cccc(-c2ccccc2)c1S(N)(=O)=O. The molecule has 0 saturated heterocycles. The van der Waals surface area contributed by atoms with Gasteiger partial charge < -0.3 is 0 Å². The second-order valence-electron chi connectivity index (χ2n) is 5.84. The maximum atomic E-state index is 12.1. The minimum Gasteiger partial charge on any atom is -0.225 e. The van der Waals surface area contributed by atoms with Crippen LogP contribution in [0.1, 0.15) is 26.3 Å². The zero-order valence-electron chi connectivity index (χ0n) is 11.9. The summed E-state index contributed by atoms with van der Waals surface area (Å²) in [6, 6.07) is 14.9. The normalized spacial score (nSPS) is 12.4. The number of nitrogens with two attached hydrogens (primary N) is 1. The summed E-state index contributed by atoms with van der Waals surface area (Å²) in [5, 5.41) is 5.46. The van der Waals surface area contributed by atoms with Gasteiger partial charge in [0.15, 0.2) is 0 Å². The van der Waals surface area contributed by atoms with Crippen LogP contribution in [-0.2, 0) is 15.4 Å². The van der Waals surface area contributed by atoms with Crippen LogP contribution in [-0.4, -0.2) is 8.42 Å². The molecule has 2 aromatic rings. The van der Waals surface area contributed by atoms with Gasteiger partial charge in [0.1, 0.15) is 0 Å². The van der Waals surface area contributed by atoms with E-state index >= 15 is 0 Å². The van der Waals surface area contributed by atoms with Crippen LogP contribution in [0.25, 0.3) is 11.1 Å². The molecule has 0 bridgehead atoms. The van der Waals surface area contributed by atoms with E-state index < -0.39 is 10.0 Å². The summed E-state index contributed by atoms with van der Waals surface area (Å²) in [4.78, 5) is 0.221. The summed E-state index contributed by atoms with van der Waals surface area (Å²) in [5.41, 5.74) is 1.94. The molecule has 0 radical (unpaired) electrons. The van der Waals surface area contributed by atoms with Gasteiger partial charge in [-0.3, -0.25) is 0 Å². The molecule has 0 amide bonds. The number of sulfonamides is 1. The van der Waals surface area contributed by atoms with Gasteiger partial charge in [-0.1, -0.05) is 69.3 Å². The molecule has 2 N–H and O–H groups in total. The second-order valence-corrected chi connectivity index (χ2v) is 7.34. The first kappa shape index (κ1) is 14.8. The van der Waals surface area contributed by atoms with Gasteiger partial charge >= 0.3 is 0 Å². The molecule has 0 unspecified atom stereocenters. The quantitative estimate of drug-likeness (QED) is 0.922. The van der Waals surface area contributed by atoms with Gasteiger partial charge in [0.25, 0.3) is 0 Å². The van der Waals surface area contributed by atoms with E-state index in [4.69, 9.17) is 5.14 Å². The van der Waals surface area contributed by atoms with Crippen molar-refractivity contribution in [2.75, 3.05) is 0 Å². The topological polar surface area (TPSA) is 60.2 Å². The van der Waals surface area contributed by atoms with E-state index in [1.165, 1.54) is 0 Å². The third-order valence-corrected chi connectivity index (χ3v) is 4.20. The van der Waals surface area contributed by atoms with Crippen molar-refractivity contribution in [1.82, 2.24) is 0 Å². The molecule has 4 heteroatoms. The molecule has 2 aromatic carbocycles. The molecule has 20 heavy (non-hydrogen) atoms. The van der Waals surface area contributed by atoms with E-state index in [0.717, 1.165) is 11.1 Å². The molecule has 0 atom stereocenters. The van der Waals surface area contributed by atoms with Crippen molar-refractivity contribution in [2.45, 2.75) is 31.1 Å². The molecule has 106 valence electrons. The Hall–Kier alpha value is -1.65. The lowest BCUT2D eigenvalue weighted by molar-refractivity contribution is 0.563. The molecular formula is C16H19NO2S. The minimum atomic E-state index is -3.80. The predicted molar refractivity (Wildman–Crippen MR) is 82.0 cm³/mol. The van der Waals surface area contributed by atoms with E-state index in [-0.39, 0.29) is 10.3 Å². The largest absolute Gasteiger partial charge is 0.238 e. The van der Waals surface area contributed by atoms with Crippen LogP contribution in [0.2, 0.25) is 0 Å². The third-order valence-electron chi connectivity index (χ3n) is 3.19. The van der Waals surface area contributed by atoms with Gasteiger partial charge in [0, 0.05) is 5.56 Å². The summed E-state index contributed by atoms with van der Waals surface area (Å²) in [6.45, 7) is 5.93. The molecular weight excluding hydrogens is 270 g/mol. The van der Waals surface area contributed by atoms with Crippen molar-refractivity contribution in [1.29, 1.82) is 0 Å². The Morgan fingerprint density at radius 2 is 1.50 bits per heavy atom. The highest BCUT2D eigenvalue weighted by molar-refractivity contribution is 7.89. The minimum absolute atomic E-state index is 0.221. The summed E-state index contributed by atoms with van der Waals surface area (Å²) in [7, 11) is -3.80. The Kier molecular flexibility index (Phi) is 3.71. The first-order valence-corrected chi connectivity index (χ1v) is 7.97. The molecule has 0 saturated carbocycles. The maximum Gasteiger partial charge on any atom is 0.238 e. The van der Waals surface area contributed by atoms with Crippen LogP contribution in [0, 0.1) is 0 Å². The third kappa shape index (κ3) is 2.92. The van der Waals surface area contributed by atoms with Crippen molar-refractivity contribution in [3.05, 3.63) is 54.1 Å². The number of hydrogen-bond donors (Lipinski definition) is 1. The highest BCUT2D eigenvalue weighted by Gasteiger charge is 2.26. The summed E-state index contributed by atoms with van der Waals surface area (Å²) in [5.74, 6) is 0. The van der Waals surface area contributed by atoms with Crippen LogP contribution in [0.5, 0.6) is 0 Å². The smallest absolute Gasteiger partial charge is 0.225 e. The van der Waals surface area contributed by atoms with Crippen molar-refractivity contribution in [3.8, 4) is 11.1 Å². The average molecular weight is 289 g/mol. The van der Waals surface area contributed by atoms with E-state index in [1.807, 2.05) is 63.2 Å². The predicted octanol–water partition coefficient (Wildman–Crippen LogP) is 3.30. The molecule has 0 heterocycles. The zero-order chi connectivity index (χ0) is 15.0. The van der Waals surface area contributed by atoms with Gasteiger partial charge in [-0.25, -0.2) is 13.6 Å². The second kappa shape index (κ2) is 5.04. The zero-order valence-corrected chi connectivity index (χ0v) is 12.7. The number of benzene rings is 2. The molecule has 0 aliphatic rings. The Balaban J connectivity index is 2.84. The van der Waals surface area contributed by atoms with Crippen molar-refractivity contribution >= 4 is 10.0 Å². The first-order valence-electron chi connectivity index (χ1n) is 6.43. The average Bonchev–Trinajstić information content (AvgIpc) is 2.37. The van der Waals surface area contributed by atoms with Crippen LogP contribution < -0.4 is 5.14 Å². The Morgan fingerprint density at radius 1 is 0.900 bits per heavy atom. The fraction of sp³-hybridized carbons (Fsp3) is 0.250. The monoisotopic (exact) mass is 289 g/mol. The maximum absolute atomic E-state index is 12.1. The molecule has 0 spiro atoms. The van der Waals surface area contributed by atoms with Crippen molar-refractivity contribution < 1.29 is 8.42 Å². The van der Waals surface area contributed by atoms with E-state index in [0.29, 0.717) is 5.56 Å². The highest BCUT2D eigenvalue weighted by Crippen LogP contribution is 2.35. The standard InChI is InChI=1S/C16H19NO2S/c1-16(2,3)14-11-7-10-13(15(14)20(17,18)19)12-8-5-4-6-9-12/h4-11H,1-3H3,(H2,17,18,19). The van der Waals surface area contributed by atoms with Gasteiger partial charge in [0.2, 0.25) is 10.0 Å². The lowest BCUT2D eigenvalue weighted by Gasteiger charge is -2.24. The first-order chi connectivity index (χ1) is 9.21. The molecule has 0 fully saturated rings. The lowest BCUT2D eigenvalue weighted by atomic mass is 9.85. The van der Waals surface area contributed by atoms with E-state index in [2.05, 4.69) is 0 Å². The van der Waals surface area contributed by atoms with Crippen LogP contribution in [0.3, 0.4) is 0 Å². The van der Waals surface area contributed by atoms with Crippen LogP contribution >= 0.6 is 0 Å². The highest BCUT2D eigenvalue weighted by atomic mass is 32.2. The molecule has 0 aliphatic carbocycles. The van der Waals surface area contributed by atoms with Crippen LogP contribution in [0.4, 0.5) is 0 Å². The summed E-state index contributed by atoms with van der Waals surface area (Å²) in [6.07, 6.45) is 0. The van der Waals surface area contributed by atoms with Gasteiger partial charge in [0.05, 0.1) is 4.90 Å². The fourth-order valence-electron chi connectivity index (χ4n) is 2.28.